The maximum atomic E-state index is 11.5. The highest BCUT2D eigenvalue weighted by molar-refractivity contribution is 6.33. The van der Waals surface area contributed by atoms with Crippen molar-refractivity contribution < 1.29 is 9.85 Å². The van der Waals surface area contributed by atoms with Crippen LogP contribution in [-0.2, 0) is 5.41 Å². The molecule has 9 heteroatoms. The minimum Gasteiger partial charge on any atom is -0.357 e. The van der Waals surface area contributed by atoms with Crippen molar-refractivity contribution >= 4 is 40.3 Å². The summed E-state index contributed by atoms with van der Waals surface area (Å²) in [6, 6.07) is 17.7. The van der Waals surface area contributed by atoms with E-state index in [4.69, 9.17) is 23.2 Å². The Labute approximate surface area is 213 Å². The van der Waals surface area contributed by atoms with Gasteiger partial charge in [-0.15, -0.1) is 0 Å². The Bertz CT molecular complexity index is 1220. The molecule has 0 spiro atoms. The number of nitrogens with zero attached hydrogens (tertiary/aromatic N) is 3. The lowest BCUT2D eigenvalue weighted by Crippen LogP contribution is -2.26. The van der Waals surface area contributed by atoms with E-state index in [1.807, 2.05) is 24.3 Å². The maximum absolute atomic E-state index is 11.5. The van der Waals surface area contributed by atoms with E-state index in [9.17, 15) is 20.2 Å². The standard InChI is InChI=1S/C26H25Cl2N3O4/c1-26(2,3)18-6-8-19(9-7-18)29-22(16-4-10-20(27)24(14-16)30(32)33)12-13-23(29)17-5-11-21(28)25(15-17)31(34)35/h4-11,14-15,22-23H,12-13H2,1-3H3. The molecule has 0 amide bonds. The lowest BCUT2D eigenvalue weighted by molar-refractivity contribution is -0.384. The predicted molar refractivity (Wildman–Crippen MR) is 139 cm³/mol. The molecule has 0 saturated carbocycles. The van der Waals surface area contributed by atoms with Crippen LogP contribution in [0.5, 0.6) is 0 Å². The van der Waals surface area contributed by atoms with Crippen LogP contribution in [0.25, 0.3) is 0 Å². The minimum absolute atomic E-state index is 0.0179. The summed E-state index contributed by atoms with van der Waals surface area (Å²) < 4.78 is 0. The van der Waals surface area contributed by atoms with Gasteiger partial charge in [-0.1, -0.05) is 68.2 Å². The second-order valence-electron chi connectivity index (χ2n) is 9.75. The fraction of sp³-hybridized carbons (Fsp3) is 0.308. The molecule has 0 N–H and O–H groups in total. The number of hydrogen-bond acceptors (Lipinski definition) is 5. The molecule has 1 heterocycles. The van der Waals surface area contributed by atoms with Gasteiger partial charge in [0.05, 0.1) is 21.9 Å². The van der Waals surface area contributed by atoms with Gasteiger partial charge in [-0.3, -0.25) is 20.2 Å². The van der Waals surface area contributed by atoms with E-state index in [2.05, 4.69) is 37.8 Å². The Morgan fingerprint density at radius 2 is 1.20 bits per heavy atom. The molecule has 35 heavy (non-hydrogen) atoms. The number of nitro groups is 2. The summed E-state index contributed by atoms with van der Waals surface area (Å²) in [5.74, 6) is 0. The molecule has 1 aliphatic heterocycles. The van der Waals surface area contributed by atoms with Crippen LogP contribution in [0.3, 0.4) is 0 Å². The number of benzene rings is 3. The molecule has 0 aliphatic carbocycles. The van der Waals surface area contributed by atoms with E-state index in [-0.39, 0.29) is 38.9 Å². The largest absolute Gasteiger partial charge is 0.357 e. The fourth-order valence-electron chi connectivity index (χ4n) is 4.71. The van der Waals surface area contributed by atoms with E-state index in [1.165, 1.54) is 17.7 Å². The molecule has 3 aromatic carbocycles. The van der Waals surface area contributed by atoms with Crippen LogP contribution in [0, 0.1) is 20.2 Å². The summed E-state index contributed by atoms with van der Waals surface area (Å²) in [5, 5.41) is 23.2. The average Bonchev–Trinajstić information content (AvgIpc) is 3.24. The van der Waals surface area contributed by atoms with E-state index in [1.54, 1.807) is 12.1 Å². The molecule has 4 rings (SSSR count). The van der Waals surface area contributed by atoms with Gasteiger partial charge in [0.1, 0.15) is 10.0 Å². The zero-order valence-corrected chi connectivity index (χ0v) is 21.1. The van der Waals surface area contributed by atoms with E-state index in [0.29, 0.717) is 12.8 Å². The molecule has 182 valence electrons. The number of anilines is 1. The highest BCUT2D eigenvalue weighted by atomic mass is 35.5. The zero-order chi connectivity index (χ0) is 25.5. The molecule has 0 bridgehead atoms. The molecule has 3 aromatic rings. The first kappa shape index (κ1) is 24.9. The topological polar surface area (TPSA) is 89.5 Å². The molecule has 7 nitrogen and oxygen atoms in total. The first-order valence-electron chi connectivity index (χ1n) is 11.2. The Morgan fingerprint density at radius 1 is 0.771 bits per heavy atom. The number of rotatable bonds is 5. The third kappa shape index (κ3) is 4.97. The fourth-order valence-corrected chi connectivity index (χ4v) is 5.09. The first-order chi connectivity index (χ1) is 16.5. The Balaban J connectivity index is 1.82. The van der Waals surface area contributed by atoms with Gasteiger partial charge >= 0.3 is 0 Å². The van der Waals surface area contributed by atoms with Crippen molar-refractivity contribution in [3.05, 3.63) is 108 Å². The SMILES string of the molecule is CC(C)(C)c1ccc(N2C(c3ccc(Cl)c([N+](=O)[O-])c3)CCC2c2ccc(Cl)c([N+](=O)[O-])c2)cc1. The zero-order valence-electron chi connectivity index (χ0n) is 19.6. The van der Waals surface area contributed by atoms with Crippen molar-refractivity contribution in [2.24, 2.45) is 0 Å². The monoisotopic (exact) mass is 513 g/mol. The van der Waals surface area contributed by atoms with Gasteiger partial charge in [-0.05, 0) is 59.2 Å². The van der Waals surface area contributed by atoms with Crippen molar-refractivity contribution in [2.45, 2.75) is 51.1 Å². The highest BCUT2D eigenvalue weighted by Gasteiger charge is 2.37. The van der Waals surface area contributed by atoms with Gasteiger partial charge in [0.25, 0.3) is 11.4 Å². The van der Waals surface area contributed by atoms with Crippen LogP contribution in [0.4, 0.5) is 17.1 Å². The molecule has 1 fully saturated rings. The lowest BCUT2D eigenvalue weighted by Gasteiger charge is -2.34. The molecule has 2 atom stereocenters. The second kappa shape index (κ2) is 9.47. The molecule has 0 aromatic heterocycles. The molecule has 1 saturated heterocycles. The predicted octanol–water partition coefficient (Wildman–Crippen LogP) is 8.19. The molecule has 1 aliphatic rings. The van der Waals surface area contributed by atoms with Crippen LogP contribution < -0.4 is 4.90 Å². The molecular weight excluding hydrogens is 489 g/mol. The molecule has 2 unspecified atom stereocenters. The Morgan fingerprint density at radius 3 is 1.57 bits per heavy atom. The van der Waals surface area contributed by atoms with Gasteiger partial charge < -0.3 is 4.90 Å². The smallest absolute Gasteiger partial charge is 0.288 e. The molecular formula is C26H25Cl2N3O4. The van der Waals surface area contributed by atoms with Crippen LogP contribution >= 0.6 is 23.2 Å². The van der Waals surface area contributed by atoms with Crippen molar-refractivity contribution in [1.82, 2.24) is 0 Å². The first-order valence-corrected chi connectivity index (χ1v) is 12.0. The third-order valence-electron chi connectivity index (χ3n) is 6.52. The normalized spacial score (nSPS) is 18.0. The van der Waals surface area contributed by atoms with Crippen molar-refractivity contribution in [1.29, 1.82) is 0 Å². The lowest BCUT2D eigenvalue weighted by atomic mass is 9.87. The van der Waals surface area contributed by atoms with Gasteiger partial charge in [-0.25, -0.2) is 0 Å². The summed E-state index contributed by atoms with van der Waals surface area (Å²) >= 11 is 12.1. The Hall–Kier alpha value is -3.16. The number of nitro benzene ring substituents is 2. The molecule has 0 radical (unpaired) electrons. The number of hydrogen-bond donors (Lipinski definition) is 0. The maximum Gasteiger partial charge on any atom is 0.288 e. The van der Waals surface area contributed by atoms with Crippen LogP contribution in [-0.4, -0.2) is 9.85 Å². The average molecular weight is 514 g/mol. The van der Waals surface area contributed by atoms with Crippen LogP contribution in [0.15, 0.2) is 60.7 Å². The summed E-state index contributed by atoms with van der Waals surface area (Å²) in [5.41, 5.74) is 3.35. The van der Waals surface area contributed by atoms with Gasteiger partial charge in [-0.2, -0.15) is 0 Å². The van der Waals surface area contributed by atoms with Crippen LogP contribution in [0.1, 0.15) is 62.4 Å². The van der Waals surface area contributed by atoms with E-state index in [0.717, 1.165) is 16.8 Å². The van der Waals surface area contributed by atoms with E-state index >= 15 is 0 Å². The second-order valence-corrected chi connectivity index (χ2v) is 10.6. The van der Waals surface area contributed by atoms with E-state index < -0.39 is 9.85 Å². The van der Waals surface area contributed by atoms with Gasteiger partial charge in [0.15, 0.2) is 0 Å². The van der Waals surface area contributed by atoms with Crippen LogP contribution in [0.2, 0.25) is 10.0 Å². The highest BCUT2D eigenvalue weighted by Crippen LogP contribution is 2.48. The van der Waals surface area contributed by atoms with Gasteiger partial charge in [0.2, 0.25) is 0 Å². The van der Waals surface area contributed by atoms with Crippen molar-refractivity contribution in [2.75, 3.05) is 4.90 Å². The van der Waals surface area contributed by atoms with Crippen molar-refractivity contribution in [3.8, 4) is 0 Å². The minimum atomic E-state index is -0.483. The summed E-state index contributed by atoms with van der Waals surface area (Å²) in [7, 11) is 0. The number of halogens is 2. The quantitative estimate of drug-likeness (QED) is 0.253. The summed E-state index contributed by atoms with van der Waals surface area (Å²) in [6.45, 7) is 6.43. The summed E-state index contributed by atoms with van der Waals surface area (Å²) in [4.78, 5) is 24.3. The van der Waals surface area contributed by atoms with Crippen molar-refractivity contribution in [3.63, 3.8) is 0 Å². The third-order valence-corrected chi connectivity index (χ3v) is 7.16. The summed E-state index contributed by atoms with van der Waals surface area (Å²) in [6.07, 6.45) is 1.42. The van der Waals surface area contributed by atoms with Gasteiger partial charge in [0, 0.05) is 17.8 Å². The Kier molecular flexibility index (Phi) is 6.75.